The van der Waals surface area contributed by atoms with Crippen LogP contribution < -0.4 is 9.96 Å². The van der Waals surface area contributed by atoms with E-state index in [0.29, 0.717) is 11.4 Å². The van der Waals surface area contributed by atoms with Crippen molar-refractivity contribution < 1.29 is 18.8 Å². The number of carbonyl (C=O) groups excluding carboxylic acids is 2. The summed E-state index contributed by atoms with van der Waals surface area (Å²) in [6.07, 6.45) is 0.675. The van der Waals surface area contributed by atoms with E-state index in [9.17, 15) is 9.59 Å². The molecule has 0 N–H and O–H groups in total. The summed E-state index contributed by atoms with van der Waals surface area (Å²) in [4.78, 5) is 33.7. The fraction of sp³-hybridized carbons (Fsp3) is 0.182. The van der Waals surface area contributed by atoms with Gasteiger partial charge in [0.05, 0.1) is 17.6 Å². The molecule has 2 saturated heterocycles. The van der Waals surface area contributed by atoms with E-state index in [-0.39, 0.29) is 11.8 Å². The van der Waals surface area contributed by atoms with Crippen molar-refractivity contribution in [3.63, 3.8) is 0 Å². The molecule has 0 aliphatic carbocycles. The number of hydroxylamine groups is 1. The molecular formula is C22H18N2O4. The number of imide groups is 1. The first-order chi connectivity index (χ1) is 13.6. The van der Waals surface area contributed by atoms with Crippen LogP contribution in [-0.2, 0) is 14.4 Å². The topological polar surface area (TPSA) is 63.0 Å². The van der Waals surface area contributed by atoms with Crippen LogP contribution in [-0.4, -0.2) is 17.9 Å². The van der Waals surface area contributed by atoms with E-state index in [2.05, 4.69) is 0 Å². The van der Waals surface area contributed by atoms with Crippen LogP contribution >= 0.6 is 0 Å². The van der Waals surface area contributed by atoms with E-state index in [4.69, 9.17) is 9.25 Å². The summed E-state index contributed by atoms with van der Waals surface area (Å²) >= 11 is 0. The molecule has 28 heavy (non-hydrogen) atoms. The SMILES string of the molecule is Cc1ccc(N2C(=O)[C@@H]3[C@@H](ON(c4ccccc4)[C@H]3c3ccco3)C2=O)cc1. The van der Waals surface area contributed by atoms with Crippen molar-refractivity contribution in [1.29, 1.82) is 0 Å². The Morgan fingerprint density at radius 1 is 0.821 bits per heavy atom. The Kier molecular flexibility index (Phi) is 3.80. The number of hydrogen-bond acceptors (Lipinski definition) is 5. The van der Waals surface area contributed by atoms with Gasteiger partial charge < -0.3 is 4.42 Å². The van der Waals surface area contributed by atoms with Crippen LogP contribution in [0, 0.1) is 12.8 Å². The number of aryl methyl sites for hydroxylation is 1. The van der Waals surface area contributed by atoms with Crippen LogP contribution in [0.5, 0.6) is 0 Å². The van der Waals surface area contributed by atoms with E-state index < -0.39 is 18.1 Å². The number of rotatable bonds is 3. The van der Waals surface area contributed by atoms with Gasteiger partial charge in [-0.25, -0.2) is 9.96 Å². The van der Waals surface area contributed by atoms with Crippen LogP contribution in [0.15, 0.2) is 77.4 Å². The highest BCUT2D eigenvalue weighted by molar-refractivity contribution is 6.23. The molecule has 140 valence electrons. The van der Waals surface area contributed by atoms with Gasteiger partial charge in [0, 0.05) is 0 Å². The third-order valence-electron chi connectivity index (χ3n) is 5.25. The molecule has 2 amide bonds. The standard InChI is InChI=1S/C22H18N2O4/c1-14-9-11-15(12-10-14)23-21(25)18-19(17-8-5-13-27-17)24(28-20(18)22(23)26)16-6-3-2-4-7-16/h2-13,18-20H,1H3/t18-,19-,20+/m0/s1. The summed E-state index contributed by atoms with van der Waals surface area (Å²) in [5.41, 5.74) is 2.38. The van der Waals surface area contributed by atoms with Gasteiger partial charge >= 0.3 is 0 Å². The number of hydrogen-bond donors (Lipinski definition) is 0. The summed E-state index contributed by atoms with van der Waals surface area (Å²) in [7, 11) is 0. The molecule has 2 aromatic carbocycles. The molecule has 3 heterocycles. The van der Waals surface area contributed by atoms with Crippen LogP contribution in [0.4, 0.5) is 11.4 Å². The Morgan fingerprint density at radius 3 is 2.25 bits per heavy atom. The minimum Gasteiger partial charge on any atom is -0.467 e. The average Bonchev–Trinajstić information content (AvgIpc) is 3.42. The maximum absolute atomic E-state index is 13.3. The van der Waals surface area contributed by atoms with Crippen LogP contribution in [0.25, 0.3) is 0 Å². The van der Waals surface area contributed by atoms with Gasteiger partial charge in [0.1, 0.15) is 17.7 Å². The van der Waals surface area contributed by atoms with Crippen molar-refractivity contribution in [1.82, 2.24) is 0 Å². The molecule has 0 spiro atoms. The molecule has 2 fully saturated rings. The van der Waals surface area contributed by atoms with E-state index in [1.807, 2.05) is 49.4 Å². The zero-order chi connectivity index (χ0) is 19.3. The maximum Gasteiger partial charge on any atom is 0.266 e. The van der Waals surface area contributed by atoms with Gasteiger partial charge in [-0.3, -0.25) is 14.4 Å². The van der Waals surface area contributed by atoms with E-state index >= 15 is 0 Å². The molecule has 1 aromatic heterocycles. The normalized spacial score (nSPS) is 24.1. The molecular weight excluding hydrogens is 356 g/mol. The lowest BCUT2D eigenvalue weighted by Crippen LogP contribution is -2.37. The lowest BCUT2D eigenvalue weighted by atomic mass is 9.94. The second-order valence-electron chi connectivity index (χ2n) is 7.02. The van der Waals surface area contributed by atoms with Gasteiger partial charge in [-0.1, -0.05) is 35.9 Å². The van der Waals surface area contributed by atoms with Crippen molar-refractivity contribution in [2.24, 2.45) is 5.92 Å². The van der Waals surface area contributed by atoms with Crippen LogP contribution in [0.2, 0.25) is 0 Å². The minimum atomic E-state index is -0.885. The summed E-state index contributed by atoms with van der Waals surface area (Å²) in [5.74, 6) is -0.726. The van der Waals surface area contributed by atoms with Gasteiger partial charge in [-0.15, -0.1) is 0 Å². The predicted molar refractivity (Wildman–Crippen MR) is 102 cm³/mol. The van der Waals surface area contributed by atoms with Crippen molar-refractivity contribution in [3.8, 4) is 0 Å². The highest BCUT2D eigenvalue weighted by atomic mass is 16.7. The third-order valence-corrected chi connectivity index (χ3v) is 5.25. The van der Waals surface area contributed by atoms with Gasteiger partial charge in [0.25, 0.3) is 5.91 Å². The predicted octanol–water partition coefficient (Wildman–Crippen LogP) is 3.64. The van der Waals surface area contributed by atoms with Gasteiger partial charge in [-0.2, -0.15) is 0 Å². The fourth-order valence-electron chi connectivity index (χ4n) is 3.91. The van der Waals surface area contributed by atoms with Crippen molar-refractivity contribution >= 4 is 23.2 Å². The highest BCUT2D eigenvalue weighted by Crippen LogP contribution is 2.47. The molecule has 6 nitrogen and oxygen atoms in total. The number of fused-ring (bicyclic) bond motifs is 1. The largest absolute Gasteiger partial charge is 0.467 e. The summed E-state index contributed by atoms with van der Waals surface area (Å²) in [6, 6.07) is 19.8. The number of carbonyl (C=O) groups is 2. The first-order valence-electron chi connectivity index (χ1n) is 9.14. The zero-order valence-corrected chi connectivity index (χ0v) is 15.2. The molecule has 6 heteroatoms. The van der Waals surface area contributed by atoms with E-state index in [1.165, 1.54) is 4.90 Å². The van der Waals surface area contributed by atoms with Crippen molar-refractivity contribution in [2.45, 2.75) is 19.1 Å². The van der Waals surface area contributed by atoms with Crippen LogP contribution in [0.1, 0.15) is 17.4 Å². The molecule has 2 aliphatic heterocycles. The fourth-order valence-corrected chi connectivity index (χ4v) is 3.91. The Hall–Kier alpha value is -3.38. The second kappa shape index (κ2) is 6.35. The zero-order valence-electron chi connectivity index (χ0n) is 15.2. The number of nitrogens with zero attached hydrogens (tertiary/aromatic N) is 2. The van der Waals surface area contributed by atoms with Crippen molar-refractivity contribution in [2.75, 3.05) is 9.96 Å². The van der Waals surface area contributed by atoms with Crippen LogP contribution in [0.3, 0.4) is 0 Å². The number of furan rings is 1. The summed E-state index contributed by atoms with van der Waals surface area (Å²) in [6.45, 7) is 1.96. The molecule has 0 saturated carbocycles. The number of anilines is 2. The number of para-hydroxylation sites is 1. The lowest BCUT2D eigenvalue weighted by Gasteiger charge is -2.27. The molecule has 5 rings (SSSR count). The molecule has 0 unspecified atom stereocenters. The highest BCUT2D eigenvalue weighted by Gasteiger charge is 2.61. The smallest absolute Gasteiger partial charge is 0.266 e. The van der Waals surface area contributed by atoms with Gasteiger partial charge in [0.2, 0.25) is 5.91 Å². The minimum absolute atomic E-state index is 0.279. The maximum atomic E-state index is 13.3. The van der Waals surface area contributed by atoms with E-state index in [0.717, 1.165) is 11.3 Å². The Bertz CT molecular complexity index is 1010. The second-order valence-corrected chi connectivity index (χ2v) is 7.02. The molecule has 3 atom stereocenters. The third kappa shape index (κ3) is 2.46. The molecule has 0 bridgehead atoms. The van der Waals surface area contributed by atoms with E-state index in [1.54, 1.807) is 35.6 Å². The molecule has 3 aromatic rings. The Morgan fingerprint density at radius 2 is 1.57 bits per heavy atom. The first kappa shape index (κ1) is 16.8. The average molecular weight is 374 g/mol. The Labute approximate surface area is 161 Å². The Balaban J connectivity index is 1.56. The monoisotopic (exact) mass is 374 g/mol. The quantitative estimate of drug-likeness (QED) is 0.655. The van der Waals surface area contributed by atoms with Gasteiger partial charge in [-0.05, 0) is 43.3 Å². The number of amides is 2. The lowest BCUT2D eigenvalue weighted by molar-refractivity contribution is -0.126. The number of benzene rings is 2. The molecule has 0 radical (unpaired) electrons. The summed E-state index contributed by atoms with van der Waals surface area (Å²) < 4.78 is 5.61. The first-order valence-corrected chi connectivity index (χ1v) is 9.14. The van der Waals surface area contributed by atoms with Gasteiger partial charge in [0.15, 0.2) is 6.10 Å². The molecule has 2 aliphatic rings. The van der Waals surface area contributed by atoms with Crippen molar-refractivity contribution in [3.05, 3.63) is 84.3 Å². The summed E-state index contributed by atoms with van der Waals surface area (Å²) in [5, 5.41) is 1.62.